The Morgan fingerprint density at radius 3 is 2.15 bits per heavy atom. The number of furan rings is 1. The van der Waals surface area contributed by atoms with Gasteiger partial charge in [-0.25, -0.2) is 14.5 Å². The van der Waals surface area contributed by atoms with E-state index in [1.807, 2.05) is 48.5 Å². The lowest BCUT2D eigenvalue weighted by molar-refractivity contribution is 0.642. The van der Waals surface area contributed by atoms with Gasteiger partial charge in [0.1, 0.15) is 5.58 Å². The van der Waals surface area contributed by atoms with Crippen LogP contribution < -0.4 is 0 Å². The van der Waals surface area contributed by atoms with Crippen LogP contribution in [0.1, 0.15) is 0 Å². The SMILES string of the molecule is c1ccc(-c2nc(-n3c4oc5ccccc5c4c4ccc5c(ccn5-c5ccccc5)c43)nc3ccccc23)cc1. The molecule has 0 N–H and O–H groups in total. The number of aromatic nitrogens is 4. The average Bonchev–Trinajstić information content (AvgIpc) is 3.72. The Labute approximate surface area is 234 Å². The molecule has 0 aliphatic rings. The Morgan fingerprint density at radius 2 is 1.29 bits per heavy atom. The van der Waals surface area contributed by atoms with Crippen molar-refractivity contribution in [2.75, 3.05) is 0 Å². The zero-order valence-corrected chi connectivity index (χ0v) is 21.9. The molecule has 5 aromatic carbocycles. The van der Waals surface area contributed by atoms with E-state index in [1.165, 1.54) is 0 Å². The van der Waals surface area contributed by atoms with Crippen molar-refractivity contribution in [3.63, 3.8) is 0 Å². The Hall–Kier alpha value is -5.68. The van der Waals surface area contributed by atoms with Crippen LogP contribution in [0.25, 0.3) is 77.7 Å². The highest BCUT2D eigenvalue weighted by atomic mass is 16.3. The fourth-order valence-electron chi connectivity index (χ4n) is 6.18. The highest BCUT2D eigenvalue weighted by Crippen LogP contribution is 2.42. The summed E-state index contributed by atoms with van der Waals surface area (Å²) < 4.78 is 10.9. The van der Waals surface area contributed by atoms with Crippen LogP contribution in [-0.4, -0.2) is 19.1 Å². The van der Waals surface area contributed by atoms with Gasteiger partial charge in [-0.3, -0.25) is 0 Å². The number of fused-ring (bicyclic) bond motifs is 8. The molecular weight excluding hydrogens is 504 g/mol. The summed E-state index contributed by atoms with van der Waals surface area (Å²) in [6.07, 6.45) is 2.13. The van der Waals surface area contributed by atoms with E-state index in [0.29, 0.717) is 5.95 Å². The van der Waals surface area contributed by atoms with Gasteiger partial charge in [0.15, 0.2) is 0 Å². The van der Waals surface area contributed by atoms with Crippen LogP contribution in [0.15, 0.2) is 138 Å². The summed E-state index contributed by atoms with van der Waals surface area (Å²) in [5.41, 5.74) is 7.68. The molecule has 5 nitrogen and oxygen atoms in total. The summed E-state index contributed by atoms with van der Waals surface area (Å²) in [6, 6.07) is 43.7. The molecule has 192 valence electrons. The molecule has 0 amide bonds. The van der Waals surface area contributed by atoms with Crippen LogP contribution in [0.3, 0.4) is 0 Å². The number of hydrogen-bond acceptors (Lipinski definition) is 3. The van der Waals surface area contributed by atoms with Gasteiger partial charge in [-0.15, -0.1) is 0 Å². The third-order valence-electron chi connectivity index (χ3n) is 7.99. The van der Waals surface area contributed by atoms with E-state index in [1.54, 1.807) is 0 Å². The van der Waals surface area contributed by atoms with Gasteiger partial charge < -0.3 is 8.98 Å². The molecule has 0 unspecified atom stereocenters. The van der Waals surface area contributed by atoms with Crippen LogP contribution >= 0.6 is 0 Å². The molecule has 9 rings (SSSR count). The summed E-state index contributed by atoms with van der Waals surface area (Å²) >= 11 is 0. The predicted octanol–water partition coefficient (Wildman–Crippen LogP) is 9.08. The third kappa shape index (κ3) is 3.17. The lowest BCUT2D eigenvalue weighted by atomic mass is 10.1. The molecule has 4 aromatic heterocycles. The van der Waals surface area contributed by atoms with Crippen LogP contribution in [0.5, 0.6) is 0 Å². The summed E-state index contributed by atoms with van der Waals surface area (Å²) in [5.74, 6) is 0.585. The smallest absolute Gasteiger partial charge is 0.238 e. The van der Waals surface area contributed by atoms with Crippen LogP contribution in [0.4, 0.5) is 0 Å². The molecule has 0 spiro atoms. The minimum Gasteiger partial charge on any atom is -0.439 e. The normalized spacial score (nSPS) is 11.9. The zero-order valence-electron chi connectivity index (χ0n) is 21.9. The Morgan fingerprint density at radius 1 is 0.561 bits per heavy atom. The average molecular weight is 527 g/mol. The van der Waals surface area contributed by atoms with E-state index in [-0.39, 0.29) is 0 Å². The quantitative estimate of drug-likeness (QED) is 0.231. The summed E-state index contributed by atoms with van der Waals surface area (Å²) in [4.78, 5) is 10.4. The van der Waals surface area contributed by atoms with Crippen LogP contribution in [0.2, 0.25) is 0 Å². The maximum atomic E-state index is 6.60. The van der Waals surface area contributed by atoms with Crippen molar-refractivity contribution < 1.29 is 4.42 Å². The van der Waals surface area contributed by atoms with E-state index >= 15 is 0 Å². The van der Waals surface area contributed by atoms with Gasteiger partial charge in [-0.2, -0.15) is 0 Å². The van der Waals surface area contributed by atoms with Gasteiger partial charge in [-0.1, -0.05) is 84.9 Å². The van der Waals surface area contributed by atoms with Gasteiger partial charge in [0.2, 0.25) is 11.7 Å². The number of benzene rings is 5. The zero-order chi connectivity index (χ0) is 26.9. The highest BCUT2D eigenvalue weighted by Gasteiger charge is 2.24. The molecule has 0 radical (unpaired) electrons. The van der Waals surface area contributed by atoms with Crippen molar-refractivity contribution in [2.24, 2.45) is 0 Å². The first-order chi connectivity index (χ1) is 20.3. The van der Waals surface area contributed by atoms with Crippen molar-refractivity contribution in [2.45, 2.75) is 0 Å². The van der Waals surface area contributed by atoms with Gasteiger partial charge in [0.05, 0.1) is 27.6 Å². The maximum absolute atomic E-state index is 6.60. The minimum atomic E-state index is 0.585. The molecule has 0 bridgehead atoms. The summed E-state index contributed by atoms with van der Waals surface area (Å²) in [5, 5.41) is 5.39. The second kappa shape index (κ2) is 8.41. The number of para-hydroxylation sites is 3. The molecule has 0 atom stereocenters. The minimum absolute atomic E-state index is 0.585. The summed E-state index contributed by atoms with van der Waals surface area (Å²) in [7, 11) is 0. The van der Waals surface area contributed by atoms with E-state index < -0.39 is 0 Å². The van der Waals surface area contributed by atoms with E-state index in [2.05, 4.69) is 94.2 Å². The first-order valence-corrected chi connectivity index (χ1v) is 13.7. The van der Waals surface area contributed by atoms with Crippen molar-refractivity contribution in [3.05, 3.63) is 134 Å². The molecule has 0 aliphatic heterocycles. The molecule has 5 heteroatoms. The highest BCUT2D eigenvalue weighted by molar-refractivity contribution is 6.24. The number of nitrogens with zero attached hydrogens (tertiary/aromatic N) is 4. The summed E-state index contributed by atoms with van der Waals surface area (Å²) in [6.45, 7) is 0. The largest absolute Gasteiger partial charge is 0.439 e. The second-order valence-electron chi connectivity index (χ2n) is 10.3. The van der Waals surface area contributed by atoms with Crippen LogP contribution in [0, 0.1) is 0 Å². The van der Waals surface area contributed by atoms with Crippen molar-refractivity contribution >= 4 is 54.8 Å². The monoisotopic (exact) mass is 526 g/mol. The first kappa shape index (κ1) is 22.2. The topological polar surface area (TPSA) is 48.8 Å². The van der Waals surface area contributed by atoms with E-state index in [9.17, 15) is 0 Å². The molecular formula is C36H22N4O. The van der Waals surface area contributed by atoms with Gasteiger partial charge in [-0.05, 0) is 42.5 Å². The van der Waals surface area contributed by atoms with E-state index in [0.717, 1.165) is 71.7 Å². The lowest BCUT2D eigenvalue weighted by Gasteiger charge is -2.11. The van der Waals surface area contributed by atoms with Crippen molar-refractivity contribution in [3.8, 4) is 22.9 Å². The van der Waals surface area contributed by atoms with E-state index in [4.69, 9.17) is 14.4 Å². The molecule has 9 aromatic rings. The fourth-order valence-corrected chi connectivity index (χ4v) is 6.18. The van der Waals surface area contributed by atoms with Crippen molar-refractivity contribution in [1.29, 1.82) is 0 Å². The van der Waals surface area contributed by atoms with Crippen LogP contribution in [-0.2, 0) is 0 Å². The van der Waals surface area contributed by atoms with Gasteiger partial charge in [0.25, 0.3) is 0 Å². The Balaban J connectivity index is 1.45. The van der Waals surface area contributed by atoms with Crippen molar-refractivity contribution in [1.82, 2.24) is 19.1 Å². The fraction of sp³-hybridized carbons (Fsp3) is 0. The molecule has 4 heterocycles. The third-order valence-corrected chi connectivity index (χ3v) is 7.99. The standard InChI is InChI=1S/C36H22N4O/c1-3-11-23(12-4-1)33-25-15-7-9-17-29(25)37-36(38-33)40-34-26-21-22-39(24-13-5-2-6-14-24)30(26)20-19-28(34)32-27-16-8-10-18-31(27)41-35(32)40/h1-22H. The molecule has 0 fully saturated rings. The molecule has 41 heavy (non-hydrogen) atoms. The second-order valence-corrected chi connectivity index (χ2v) is 10.3. The molecule has 0 aliphatic carbocycles. The lowest BCUT2D eigenvalue weighted by Crippen LogP contribution is -2.03. The molecule has 0 saturated heterocycles. The van der Waals surface area contributed by atoms with Gasteiger partial charge >= 0.3 is 0 Å². The molecule has 0 saturated carbocycles. The number of hydrogen-bond donors (Lipinski definition) is 0. The first-order valence-electron chi connectivity index (χ1n) is 13.7. The number of rotatable bonds is 3. The maximum Gasteiger partial charge on any atom is 0.238 e. The Bertz CT molecular complexity index is 2410. The predicted molar refractivity (Wildman–Crippen MR) is 166 cm³/mol. The Kier molecular flexibility index (Phi) is 4.55. The van der Waals surface area contributed by atoms with Gasteiger partial charge in [0, 0.05) is 39.0 Å².